The molecule has 0 bridgehead atoms. The first-order valence-electron chi connectivity index (χ1n) is 20.7. The normalized spacial score (nSPS) is 13.2. The van der Waals surface area contributed by atoms with Crippen molar-refractivity contribution in [2.45, 2.75) is 57.5 Å². The standard InChI is InChI=1S/C47H56N6O6/c1-52(45(57)24-31-53-29-22-38(23-30-53)59-47(58)50-41-15-6-5-14-39(41)36-12-3-2-4-13-36)28-8-7-25-49-44(56)33-35-11-9-10-34(32-35)20-26-48-27-21-37-16-18-42(54)46-40(37)17-19-43(55)51-46/h2-6,9-19,32,38,48,54H,7-8,20-31,33H2,1H3,(H,49,56)(H,50,58)(H,51,55). The molecule has 1 aliphatic heterocycles. The van der Waals surface area contributed by atoms with E-state index in [0.717, 1.165) is 97.9 Å². The lowest BCUT2D eigenvalue weighted by Gasteiger charge is -2.31. The van der Waals surface area contributed by atoms with E-state index < -0.39 is 6.09 Å². The van der Waals surface area contributed by atoms with Gasteiger partial charge in [-0.05, 0) is 92.1 Å². The molecule has 0 atom stereocenters. The number of rotatable bonds is 19. The number of fused-ring (bicyclic) bond motifs is 1. The van der Waals surface area contributed by atoms with Crippen molar-refractivity contribution in [1.29, 1.82) is 0 Å². The number of hydrogen-bond donors (Lipinski definition) is 5. The number of benzene rings is 4. The van der Waals surface area contributed by atoms with E-state index in [1.165, 1.54) is 6.07 Å². The summed E-state index contributed by atoms with van der Waals surface area (Å²) >= 11 is 0. The summed E-state index contributed by atoms with van der Waals surface area (Å²) in [7, 11) is 1.83. The minimum atomic E-state index is -0.453. The van der Waals surface area contributed by atoms with Gasteiger partial charge in [-0.1, -0.05) is 78.9 Å². The minimum Gasteiger partial charge on any atom is -0.506 e. The van der Waals surface area contributed by atoms with Crippen molar-refractivity contribution >= 4 is 34.5 Å². The van der Waals surface area contributed by atoms with Crippen LogP contribution in [-0.4, -0.2) is 96.8 Å². The molecule has 1 aromatic heterocycles. The molecule has 0 spiro atoms. The topological polar surface area (TPSA) is 156 Å². The van der Waals surface area contributed by atoms with E-state index in [2.05, 4.69) is 38.0 Å². The minimum absolute atomic E-state index is 0.0182. The summed E-state index contributed by atoms with van der Waals surface area (Å²) in [6.45, 7) is 4.93. The number of unbranched alkanes of at least 4 members (excludes halogenated alkanes) is 1. The second-order valence-electron chi connectivity index (χ2n) is 15.2. The fourth-order valence-electron chi connectivity index (χ4n) is 7.51. The number of piperidine rings is 1. The van der Waals surface area contributed by atoms with Gasteiger partial charge in [-0.2, -0.15) is 0 Å². The smallest absolute Gasteiger partial charge is 0.411 e. The van der Waals surface area contributed by atoms with Gasteiger partial charge in [-0.25, -0.2) is 4.79 Å². The molecular weight excluding hydrogens is 745 g/mol. The van der Waals surface area contributed by atoms with Gasteiger partial charge in [0.25, 0.3) is 0 Å². The molecule has 0 saturated carbocycles. The molecule has 310 valence electrons. The fraction of sp³-hybridized carbons (Fsp3) is 0.362. The average molecular weight is 801 g/mol. The number of para-hydroxylation sites is 1. The van der Waals surface area contributed by atoms with Crippen LogP contribution < -0.4 is 21.5 Å². The van der Waals surface area contributed by atoms with Crippen LogP contribution in [0.15, 0.2) is 108 Å². The first-order valence-corrected chi connectivity index (χ1v) is 20.7. The summed E-state index contributed by atoms with van der Waals surface area (Å²) in [6, 6.07) is 32.4. The number of pyridine rings is 1. The quantitative estimate of drug-likeness (QED) is 0.0612. The molecule has 5 aromatic rings. The van der Waals surface area contributed by atoms with Crippen molar-refractivity contribution < 1.29 is 24.2 Å². The van der Waals surface area contributed by atoms with Crippen LogP contribution in [0.25, 0.3) is 22.0 Å². The molecule has 0 aliphatic carbocycles. The van der Waals surface area contributed by atoms with E-state index in [1.807, 2.05) is 79.8 Å². The summed E-state index contributed by atoms with van der Waals surface area (Å²) in [5, 5.41) is 20.4. The zero-order chi connectivity index (χ0) is 41.4. The molecule has 59 heavy (non-hydrogen) atoms. The highest BCUT2D eigenvalue weighted by Gasteiger charge is 2.23. The van der Waals surface area contributed by atoms with Crippen LogP contribution in [0.2, 0.25) is 0 Å². The highest BCUT2D eigenvalue weighted by atomic mass is 16.6. The Morgan fingerprint density at radius 3 is 2.44 bits per heavy atom. The van der Waals surface area contributed by atoms with Crippen LogP contribution in [-0.2, 0) is 33.6 Å². The summed E-state index contributed by atoms with van der Waals surface area (Å²) in [5.41, 5.74) is 6.07. The predicted molar refractivity (Wildman–Crippen MR) is 233 cm³/mol. The third-order valence-corrected chi connectivity index (χ3v) is 10.8. The number of ether oxygens (including phenoxy) is 1. The Morgan fingerprint density at radius 1 is 0.847 bits per heavy atom. The Labute approximate surface area is 346 Å². The summed E-state index contributed by atoms with van der Waals surface area (Å²) in [5.74, 6) is 0.147. The van der Waals surface area contributed by atoms with Gasteiger partial charge in [0.15, 0.2) is 0 Å². The molecule has 4 aromatic carbocycles. The van der Waals surface area contributed by atoms with E-state index in [9.17, 15) is 24.3 Å². The van der Waals surface area contributed by atoms with E-state index in [1.54, 1.807) is 17.0 Å². The van der Waals surface area contributed by atoms with Gasteiger partial charge in [0.1, 0.15) is 11.9 Å². The number of phenols is 1. The van der Waals surface area contributed by atoms with Crippen molar-refractivity contribution in [2.24, 2.45) is 0 Å². The molecule has 3 amide bonds. The van der Waals surface area contributed by atoms with E-state index >= 15 is 0 Å². The van der Waals surface area contributed by atoms with Gasteiger partial charge >= 0.3 is 6.09 Å². The maximum atomic E-state index is 12.9. The molecule has 2 heterocycles. The number of likely N-dealkylation sites (tertiary alicyclic amines) is 1. The molecule has 12 heteroatoms. The number of amides is 3. The first kappa shape index (κ1) is 42.6. The maximum Gasteiger partial charge on any atom is 0.411 e. The van der Waals surface area contributed by atoms with Crippen molar-refractivity contribution in [2.75, 3.05) is 58.2 Å². The number of phenolic OH excluding ortho intramolecular Hbond substituents is 1. The molecule has 1 saturated heterocycles. The lowest BCUT2D eigenvalue weighted by molar-refractivity contribution is -0.130. The van der Waals surface area contributed by atoms with Crippen LogP contribution in [0.5, 0.6) is 5.75 Å². The summed E-state index contributed by atoms with van der Waals surface area (Å²) < 4.78 is 5.76. The number of aromatic hydroxyl groups is 1. The number of carbonyl (C=O) groups excluding carboxylic acids is 3. The Hall–Kier alpha value is -5.98. The summed E-state index contributed by atoms with van der Waals surface area (Å²) in [4.78, 5) is 56.7. The van der Waals surface area contributed by atoms with Crippen molar-refractivity contribution in [1.82, 2.24) is 25.4 Å². The average Bonchev–Trinajstić information content (AvgIpc) is 3.24. The molecule has 12 nitrogen and oxygen atoms in total. The highest BCUT2D eigenvalue weighted by molar-refractivity contribution is 5.91. The van der Waals surface area contributed by atoms with Crippen LogP contribution in [0.4, 0.5) is 10.5 Å². The van der Waals surface area contributed by atoms with E-state index in [-0.39, 0.29) is 29.2 Å². The number of aromatic amines is 1. The zero-order valence-electron chi connectivity index (χ0n) is 33.9. The molecular formula is C47H56N6O6. The number of H-pyrrole nitrogens is 1. The molecule has 0 radical (unpaired) electrons. The van der Waals surface area contributed by atoms with Crippen molar-refractivity contribution in [3.8, 4) is 16.9 Å². The first-order chi connectivity index (χ1) is 28.7. The van der Waals surface area contributed by atoms with Gasteiger partial charge in [-0.15, -0.1) is 0 Å². The van der Waals surface area contributed by atoms with E-state index in [0.29, 0.717) is 43.7 Å². The number of anilines is 1. The van der Waals surface area contributed by atoms with E-state index in [4.69, 9.17) is 4.74 Å². The third-order valence-electron chi connectivity index (χ3n) is 10.8. The van der Waals surface area contributed by atoms with Gasteiger partial charge in [-0.3, -0.25) is 19.7 Å². The lowest BCUT2D eigenvalue weighted by Crippen LogP contribution is -2.40. The van der Waals surface area contributed by atoms with Crippen LogP contribution in [0.3, 0.4) is 0 Å². The zero-order valence-corrected chi connectivity index (χ0v) is 33.9. The van der Waals surface area contributed by atoms with Crippen molar-refractivity contribution in [3.63, 3.8) is 0 Å². The largest absolute Gasteiger partial charge is 0.506 e. The van der Waals surface area contributed by atoms with Crippen LogP contribution in [0.1, 0.15) is 48.8 Å². The Kier molecular flexibility index (Phi) is 15.7. The number of aromatic nitrogens is 1. The molecule has 0 unspecified atom stereocenters. The van der Waals surface area contributed by atoms with Crippen molar-refractivity contribution in [3.05, 3.63) is 130 Å². The Balaban J connectivity index is 0.795. The molecule has 1 aliphatic rings. The second-order valence-corrected chi connectivity index (χ2v) is 15.2. The lowest BCUT2D eigenvalue weighted by atomic mass is 10.0. The Morgan fingerprint density at radius 2 is 1.61 bits per heavy atom. The number of carbonyl (C=O) groups is 3. The molecule has 5 N–H and O–H groups in total. The van der Waals surface area contributed by atoms with Gasteiger partial charge in [0.2, 0.25) is 17.4 Å². The van der Waals surface area contributed by atoms with Gasteiger partial charge in [0, 0.05) is 63.2 Å². The molecule has 6 rings (SSSR count). The third kappa shape index (κ3) is 13.0. The fourth-order valence-corrected chi connectivity index (χ4v) is 7.51. The summed E-state index contributed by atoms with van der Waals surface area (Å²) in [6.07, 6.45) is 4.74. The molecule has 1 fully saturated rings. The highest BCUT2D eigenvalue weighted by Crippen LogP contribution is 2.28. The van der Waals surface area contributed by atoms with Crippen LogP contribution >= 0.6 is 0 Å². The second kappa shape index (κ2) is 21.7. The number of nitrogens with zero attached hydrogens (tertiary/aromatic N) is 2. The monoisotopic (exact) mass is 800 g/mol. The maximum absolute atomic E-state index is 12.9. The Bertz CT molecular complexity index is 2220. The SMILES string of the molecule is CN(CCCCNC(=O)Cc1cccc(CCNCCc2ccc(O)c3[nH]c(=O)ccc23)c1)C(=O)CCN1CCC(OC(=O)Nc2ccccc2-c2ccccc2)CC1. The van der Waals surface area contributed by atoms with Crippen LogP contribution in [0, 0.1) is 0 Å². The number of nitrogens with one attached hydrogen (secondary N) is 4. The van der Waals surface area contributed by atoms with Gasteiger partial charge < -0.3 is 35.3 Å². The number of hydrogen-bond acceptors (Lipinski definition) is 8. The predicted octanol–water partition coefficient (Wildman–Crippen LogP) is 6.28. The van der Waals surface area contributed by atoms with Gasteiger partial charge in [0.05, 0.1) is 17.6 Å².